The van der Waals surface area contributed by atoms with Crippen LogP contribution in [-0.2, 0) is 17.3 Å². The summed E-state index contributed by atoms with van der Waals surface area (Å²) in [6, 6.07) is 5.22. The van der Waals surface area contributed by atoms with Crippen LogP contribution in [0.4, 0.5) is 13.2 Å². The van der Waals surface area contributed by atoms with Gasteiger partial charge >= 0.3 is 6.18 Å². The lowest BCUT2D eigenvalue weighted by Gasteiger charge is -2.33. The maximum Gasteiger partial charge on any atom is 0.416 e. The molecule has 0 unspecified atom stereocenters. The van der Waals surface area contributed by atoms with E-state index in [0.29, 0.717) is 42.3 Å². The molecule has 2 heterocycles. The first-order valence-electron chi connectivity index (χ1n) is 7.81. The van der Waals surface area contributed by atoms with Gasteiger partial charge in [0.1, 0.15) is 4.88 Å². The summed E-state index contributed by atoms with van der Waals surface area (Å²) in [5.74, 6) is -0.0997. The van der Waals surface area contributed by atoms with Crippen molar-refractivity contribution in [2.24, 2.45) is 0 Å². The Morgan fingerprint density at radius 2 is 2.24 bits per heavy atom. The summed E-state index contributed by atoms with van der Waals surface area (Å²) in [5, 5.41) is 0. The van der Waals surface area contributed by atoms with Gasteiger partial charge in [-0.2, -0.15) is 13.2 Å². The Hall–Kier alpha value is -1.93. The van der Waals surface area contributed by atoms with Crippen molar-refractivity contribution < 1.29 is 22.7 Å². The van der Waals surface area contributed by atoms with Crippen LogP contribution in [0.15, 0.2) is 29.8 Å². The smallest absolute Gasteiger partial charge is 0.374 e. The molecule has 0 bridgehead atoms. The van der Waals surface area contributed by atoms with E-state index in [1.54, 1.807) is 23.4 Å². The lowest BCUT2D eigenvalue weighted by atomic mass is 10.0. The van der Waals surface area contributed by atoms with E-state index in [9.17, 15) is 18.0 Å². The van der Waals surface area contributed by atoms with Gasteiger partial charge in [0, 0.05) is 19.5 Å². The number of benzene rings is 1. The molecule has 0 radical (unpaired) electrons. The summed E-state index contributed by atoms with van der Waals surface area (Å²) >= 11 is 1.29. The molecule has 0 saturated carbocycles. The fraction of sp³-hybridized carbons (Fsp3) is 0.412. The normalized spacial score (nSPS) is 18.4. The average Bonchev–Trinajstić information content (AvgIpc) is 3.00. The lowest BCUT2D eigenvalue weighted by Crippen LogP contribution is -2.46. The minimum Gasteiger partial charge on any atom is -0.374 e. The van der Waals surface area contributed by atoms with Crippen LogP contribution in [0.1, 0.15) is 26.5 Å². The number of rotatable bonds is 3. The zero-order valence-electron chi connectivity index (χ0n) is 13.5. The van der Waals surface area contributed by atoms with Crippen LogP contribution < -0.4 is 0 Å². The summed E-state index contributed by atoms with van der Waals surface area (Å²) < 4.78 is 44.1. The maximum atomic E-state index is 12.8. The molecule has 1 aromatic heterocycles. The van der Waals surface area contributed by atoms with Crippen LogP contribution in [0.25, 0.3) is 0 Å². The van der Waals surface area contributed by atoms with Gasteiger partial charge < -0.3 is 9.64 Å². The van der Waals surface area contributed by atoms with E-state index in [-0.39, 0.29) is 12.0 Å². The van der Waals surface area contributed by atoms with Crippen molar-refractivity contribution in [1.29, 1.82) is 0 Å². The largest absolute Gasteiger partial charge is 0.416 e. The molecule has 25 heavy (non-hydrogen) atoms. The highest BCUT2D eigenvalue weighted by Gasteiger charge is 2.31. The number of hydrogen-bond acceptors (Lipinski definition) is 4. The number of nitrogens with zero attached hydrogens (tertiary/aromatic N) is 2. The number of halogens is 3. The second-order valence-corrected chi connectivity index (χ2v) is 6.77. The Morgan fingerprint density at radius 1 is 1.44 bits per heavy atom. The van der Waals surface area contributed by atoms with Gasteiger partial charge in [-0.3, -0.25) is 4.79 Å². The van der Waals surface area contributed by atoms with Crippen LogP contribution in [0.2, 0.25) is 0 Å². The highest BCUT2D eigenvalue weighted by molar-refractivity contribution is 7.11. The van der Waals surface area contributed by atoms with Crippen molar-refractivity contribution in [1.82, 2.24) is 9.88 Å². The highest BCUT2D eigenvalue weighted by atomic mass is 32.1. The van der Waals surface area contributed by atoms with Gasteiger partial charge in [0.25, 0.3) is 5.91 Å². The van der Waals surface area contributed by atoms with Crippen molar-refractivity contribution >= 4 is 17.2 Å². The molecule has 134 valence electrons. The molecule has 0 spiro atoms. The standard InChI is InChI=1S/C17H17F3N2O2S/c1-11-15(25-10-21-11)16(23)22-5-6-24-14(9-22)8-12-3-2-4-13(7-12)17(18,19)20/h2-4,7,10,14H,5-6,8-9H2,1H3/t14-/m1/s1. The second kappa shape index (κ2) is 7.13. The Kier molecular flexibility index (Phi) is 5.10. The molecule has 4 nitrogen and oxygen atoms in total. The Labute approximate surface area is 147 Å². The van der Waals surface area contributed by atoms with Crippen molar-refractivity contribution in [3.63, 3.8) is 0 Å². The van der Waals surface area contributed by atoms with Crippen LogP contribution in [0, 0.1) is 6.92 Å². The summed E-state index contributed by atoms with van der Waals surface area (Å²) in [6.07, 6.45) is -4.36. The Bertz CT molecular complexity index is 760. The lowest BCUT2D eigenvalue weighted by molar-refractivity contribution is -0.137. The molecule has 1 amide bonds. The third kappa shape index (κ3) is 4.19. The number of ether oxygens (including phenoxy) is 1. The third-order valence-electron chi connectivity index (χ3n) is 4.08. The van der Waals surface area contributed by atoms with Gasteiger partial charge in [0.15, 0.2) is 0 Å². The zero-order valence-corrected chi connectivity index (χ0v) is 14.4. The number of thiazole rings is 1. The number of morpholine rings is 1. The predicted molar refractivity (Wildman–Crippen MR) is 87.6 cm³/mol. The highest BCUT2D eigenvalue weighted by Crippen LogP contribution is 2.30. The molecular formula is C17H17F3N2O2S. The molecular weight excluding hydrogens is 353 g/mol. The molecule has 0 aliphatic carbocycles. The first-order valence-corrected chi connectivity index (χ1v) is 8.69. The molecule has 1 aromatic carbocycles. The fourth-order valence-corrected chi connectivity index (χ4v) is 3.59. The number of hydrogen-bond donors (Lipinski definition) is 0. The van der Waals surface area contributed by atoms with Crippen LogP contribution in [0.5, 0.6) is 0 Å². The minimum absolute atomic E-state index is 0.0997. The molecule has 0 N–H and O–H groups in total. The van der Waals surface area contributed by atoms with E-state index in [0.717, 1.165) is 12.1 Å². The molecule has 8 heteroatoms. The molecule has 1 aliphatic rings. The maximum absolute atomic E-state index is 12.8. The van der Waals surface area contributed by atoms with Gasteiger partial charge in [0.2, 0.25) is 0 Å². The Morgan fingerprint density at radius 3 is 2.92 bits per heavy atom. The van der Waals surface area contributed by atoms with E-state index in [2.05, 4.69) is 4.98 Å². The fourth-order valence-electron chi connectivity index (χ4n) is 2.82. The van der Waals surface area contributed by atoms with Crippen molar-refractivity contribution in [2.75, 3.05) is 19.7 Å². The predicted octanol–water partition coefficient (Wildman–Crippen LogP) is 3.55. The monoisotopic (exact) mass is 370 g/mol. The van der Waals surface area contributed by atoms with Gasteiger partial charge in [-0.05, 0) is 18.6 Å². The zero-order chi connectivity index (χ0) is 18.0. The Balaban J connectivity index is 1.68. The summed E-state index contributed by atoms with van der Waals surface area (Å²) in [4.78, 5) is 18.9. The molecule has 1 fully saturated rings. The van der Waals surface area contributed by atoms with Crippen LogP contribution >= 0.6 is 11.3 Å². The van der Waals surface area contributed by atoms with E-state index in [1.807, 2.05) is 0 Å². The average molecular weight is 370 g/mol. The van der Waals surface area contributed by atoms with Crippen molar-refractivity contribution in [2.45, 2.75) is 25.6 Å². The number of carbonyl (C=O) groups excluding carboxylic acids is 1. The van der Waals surface area contributed by atoms with E-state index < -0.39 is 11.7 Å². The summed E-state index contributed by atoms with van der Waals surface area (Å²) in [6.45, 7) is 2.97. The first kappa shape index (κ1) is 17.9. The topological polar surface area (TPSA) is 42.4 Å². The van der Waals surface area contributed by atoms with Gasteiger partial charge in [-0.25, -0.2) is 4.98 Å². The quantitative estimate of drug-likeness (QED) is 0.830. The van der Waals surface area contributed by atoms with Gasteiger partial charge in [0.05, 0.1) is 29.5 Å². The third-order valence-corrected chi connectivity index (χ3v) is 5.00. The molecule has 1 saturated heterocycles. The summed E-state index contributed by atoms with van der Waals surface area (Å²) in [5.41, 5.74) is 2.19. The molecule has 1 aliphatic heterocycles. The van der Waals surface area contributed by atoms with Crippen LogP contribution in [-0.4, -0.2) is 41.6 Å². The molecule has 3 rings (SSSR count). The SMILES string of the molecule is Cc1ncsc1C(=O)N1CCO[C@H](Cc2cccc(C(F)(F)F)c2)C1. The van der Waals surface area contributed by atoms with E-state index in [1.165, 1.54) is 17.4 Å². The van der Waals surface area contributed by atoms with Gasteiger partial charge in [-0.15, -0.1) is 11.3 Å². The number of carbonyl (C=O) groups is 1. The van der Waals surface area contributed by atoms with Gasteiger partial charge in [-0.1, -0.05) is 18.2 Å². The van der Waals surface area contributed by atoms with Crippen molar-refractivity contribution in [3.8, 4) is 0 Å². The van der Waals surface area contributed by atoms with E-state index >= 15 is 0 Å². The minimum atomic E-state index is -4.37. The molecule has 1 atom stereocenters. The number of aromatic nitrogens is 1. The van der Waals surface area contributed by atoms with Crippen molar-refractivity contribution in [3.05, 3.63) is 51.5 Å². The number of amides is 1. The van der Waals surface area contributed by atoms with E-state index in [4.69, 9.17) is 4.74 Å². The van der Waals surface area contributed by atoms with Crippen LogP contribution in [0.3, 0.4) is 0 Å². The number of alkyl halides is 3. The molecule has 2 aromatic rings. The summed E-state index contributed by atoms with van der Waals surface area (Å²) in [7, 11) is 0. The second-order valence-electron chi connectivity index (χ2n) is 5.91. The number of aryl methyl sites for hydroxylation is 1. The first-order chi connectivity index (χ1) is 11.8.